The van der Waals surface area contributed by atoms with Crippen molar-refractivity contribution in [1.29, 1.82) is 0 Å². The average molecular weight is 290 g/mol. The highest BCUT2D eigenvalue weighted by atomic mass is 32.1. The third kappa shape index (κ3) is 3.20. The predicted molar refractivity (Wildman–Crippen MR) is 81.2 cm³/mol. The van der Waals surface area contributed by atoms with Crippen LogP contribution >= 0.6 is 11.3 Å². The van der Waals surface area contributed by atoms with Crippen LogP contribution < -0.4 is 4.74 Å². The standard InChI is InChI=1S/C16H18O3S/c1-10-9-11(16(2,3)4)5-6-12(10)19-14-8-7-13(20-14)15(17)18/h5-9H,1-4H3,(H,17,18). The number of hydrogen-bond acceptors (Lipinski definition) is 3. The Morgan fingerprint density at radius 2 is 1.90 bits per heavy atom. The second kappa shape index (κ2) is 5.29. The van der Waals surface area contributed by atoms with E-state index in [1.165, 1.54) is 5.56 Å². The largest absolute Gasteiger partial charge is 0.477 e. The molecule has 1 N–H and O–H groups in total. The fourth-order valence-electron chi connectivity index (χ4n) is 1.83. The first-order valence-electron chi connectivity index (χ1n) is 6.39. The minimum absolute atomic E-state index is 0.0999. The molecule has 0 unspecified atom stereocenters. The van der Waals surface area contributed by atoms with Crippen molar-refractivity contribution in [2.75, 3.05) is 0 Å². The van der Waals surface area contributed by atoms with E-state index in [4.69, 9.17) is 9.84 Å². The van der Waals surface area contributed by atoms with Gasteiger partial charge in [0.25, 0.3) is 0 Å². The molecule has 0 saturated heterocycles. The van der Waals surface area contributed by atoms with Crippen LogP contribution in [0.25, 0.3) is 0 Å². The number of ether oxygens (including phenoxy) is 1. The van der Waals surface area contributed by atoms with Gasteiger partial charge in [-0.15, -0.1) is 0 Å². The molecule has 20 heavy (non-hydrogen) atoms. The molecule has 0 aliphatic rings. The molecule has 3 nitrogen and oxygen atoms in total. The normalized spacial score (nSPS) is 11.4. The van der Waals surface area contributed by atoms with Gasteiger partial charge in [0.2, 0.25) is 0 Å². The van der Waals surface area contributed by atoms with E-state index in [-0.39, 0.29) is 10.3 Å². The van der Waals surface area contributed by atoms with Crippen LogP contribution in [0.1, 0.15) is 41.6 Å². The summed E-state index contributed by atoms with van der Waals surface area (Å²) in [6.45, 7) is 8.50. The molecule has 1 aromatic heterocycles. The van der Waals surface area contributed by atoms with Gasteiger partial charge >= 0.3 is 5.97 Å². The van der Waals surface area contributed by atoms with Crippen LogP contribution in [0.15, 0.2) is 30.3 Å². The highest BCUT2D eigenvalue weighted by Gasteiger charge is 2.15. The van der Waals surface area contributed by atoms with Crippen LogP contribution in [0.2, 0.25) is 0 Å². The lowest BCUT2D eigenvalue weighted by atomic mass is 9.86. The second-order valence-electron chi connectivity index (χ2n) is 5.76. The van der Waals surface area contributed by atoms with Crippen molar-refractivity contribution < 1.29 is 14.6 Å². The van der Waals surface area contributed by atoms with Gasteiger partial charge in [-0.25, -0.2) is 4.79 Å². The maximum atomic E-state index is 10.8. The minimum atomic E-state index is -0.926. The summed E-state index contributed by atoms with van der Waals surface area (Å²) in [6.07, 6.45) is 0. The van der Waals surface area contributed by atoms with E-state index in [2.05, 4.69) is 26.8 Å². The molecule has 0 saturated carbocycles. The topological polar surface area (TPSA) is 46.5 Å². The maximum absolute atomic E-state index is 10.8. The third-order valence-corrected chi connectivity index (χ3v) is 3.99. The molecule has 0 amide bonds. The number of rotatable bonds is 3. The minimum Gasteiger partial charge on any atom is -0.477 e. The summed E-state index contributed by atoms with van der Waals surface area (Å²) in [5, 5.41) is 9.49. The number of carboxylic acid groups (broad SMARTS) is 1. The first-order valence-corrected chi connectivity index (χ1v) is 7.21. The molecular formula is C16H18O3S. The lowest BCUT2D eigenvalue weighted by molar-refractivity contribution is 0.0702. The SMILES string of the molecule is Cc1cc(C(C)(C)C)ccc1Oc1ccc(C(=O)O)s1. The number of thiophene rings is 1. The molecule has 0 bridgehead atoms. The Bertz CT molecular complexity index is 635. The van der Waals surface area contributed by atoms with Gasteiger partial charge in [0.05, 0.1) is 0 Å². The summed E-state index contributed by atoms with van der Waals surface area (Å²) in [5.41, 5.74) is 2.39. The zero-order valence-corrected chi connectivity index (χ0v) is 12.9. The summed E-state index contributed by atoms with van der Waals surface area (Å²) in [6, 6.07) is 9.34. The third-order valence-electron chi connectivity index (χ3n) is 3.04. The van der Waals surface area contributed by atoms with E-state index in [1.807, 2.05) is 19.1 Å². The molecule has 0 radical (unpaired) electrons. The van der Waals surface area contributed by atoms with E-state index in [9.17, 15) is 4.79 Å². The van der Waals surface area contributed by atoms with Crippen LogP contribution in [0, 0.1) is 6.92 Å². The molecular weight excluding hydrogens is 272 g/mol. The quantitative estimate of drug-likeness (QED) is 0.879. The molecule has 1 aromatic carbocycles. The van der Waals surface area contributed by atoms with Crippen LogP contribution in [0.5, 0.6) is 10.8 Å². The van der Waals surface area contributed by atoms with Crippen molar-refractivity contribution in [2.24, 2.45) is 0 Å². The number of aryl methyl sites for hydroxylation is 1. The summed E-state index contributed by atoms with van der Waals surface area (Å²) >= 11 is 1.13. The van der Waals surface area contributed by atoms with Gasteiger partial charge in [-0.1, -0.05) is 44.2 Å². The number of aromatic carboxylic acids is 1. The van der Waals surface area contributed by atoms with Gasteiger partial charge in [0.15, 0.2) is 5.06 Å². The summed E-state index contributed by atoms with van der Waals surface area (Å²) in [4.78, 5) is 11.1. The molecule has 4 heteroatoms. The van der Waals surface area contributed by atoms with Gasteiger partial charge < -0.3 is 9.84 Å². The summed E-state index contributed by atoms with van der Waals surface area (Å²) in [7, 11) is 0. The molecule has 2 aromatic rings. The number of benzene rings is 1. The molecule has 0 aliphatic carbocycles. The van der Waals surface area contributed by atoms with Crippen molar-refractivity contribution in [3.05, 3.63) is 46.3 Å². The number of hydrogen-bond donors (Lipinski definition) is 1. The van der Waals surface area contributed by atoms with Crippen LogP contribution in [-0.2, 0) is 5.41 Å². The summed E-state index contributed by atoms with van der Waals surface area (Å²) < 4.78 is 5.76. The van der Waals surface area contributed by atoms with E-state index >= 15 is 0 Å². The Labute approximate surface area is 122 Å². The molecule has 0 spiro atoms. The molecule has 106 valence electrons. The molecule has 0 aliphatic heterocycles. The van der Waals surface area contributed by atoms with E-state index < -0.39 is 5.97 Å². The summed E-state index contributed by atoms with van der Waals surface area (Å²) in [5.74, 6) is -0.165. The molecule has 1 heterocycles. The Morgan fingerprint density at radius 1 is 1.20 bits per heavy atom. The highest BCUT2D eigenvalue weighted by molar-refractivity contribution is 7.15. The Kier molecular flexibility index (Phi) is 3.86. The molecule has 0 fully saturated rings. The fourth-order valence-corrected chi connectivity index (χ4v) is 2.54. The van der Waals surface area contributed by atoms with E-state index in [1.54, 1.807) is 12.1 Å². The van der Waals surface area contributed by atoms with Gasteiger partial charge in [-0.05, 0) is 41.7 Å². The Balaban J connectivity index is 2.23. The van der Waals surface area contributed by atoms with Gasteiger partial charge in [-0.3, -0.25) is 0 Å². The van der Waals surface area contributed by atoms with Crippen LogP contribution in [0.4, 0.5) is 0 Å². The zero-order chi connectivity index (χ0) is 14.9. The Morgan fingerprint density at radius 3 is 2.40 bits per heavy atom. The van der Waals surface area contributed by atoms with Gasteiger partial charge in [0, 0.05) is 0 Å². The fraction of sp³-hybridized carbons (Fsp3) is 0.312. The van der Waals surface area contributed by atoms with Crippen LogP contribution in [0.3, 0.4) is 0 Å². The molecule has 2 rings (SSSR count). The predicted octanol–water partition coefficient (Wildman–Crippen LogP) is 4.84. The highest BCUT2D eigenvalue weighted by Crippen LogP contribution is 2.33. The van der Waals surface area contributed by atoms with Crippen molar-refractivity contribution >= 4 is 17.3 Å². The monoisotopic (exact) mass is 290 g/mol. The lowest BCUT2D eigenvalue weighted by Gasteiger charge is -2.20. The van der Waals surface area contributed by atoms with Crippen molar-refractivity contribution in [2.45, 2.75) is 33.1 Å². The van der Waals surface area contributed by atoms with E-state index in [0.29, 0.717) is 5.06 Å². The van der Waals surface area contributed by atoms with Gasteiger partial charge in [-0.2, -0.15) is 0 Å². The van der Waals surface area contributed by atoms with Gasteiger partial charge in [0.1, 0.15) is 10.6 Å². The van der Waals surface area contributed by atoms with Crippen LogP contribution in [-0.4, -0.2) is 11.1 Å². The lowest BCUT2D eigenvalue weighted by Crippen LogP contribution is -2.11. The smallest absolute Gasteiger partial charge is 0.345 e. The average Bonchev–Trinajstić information content (AvgIpc) is 2.79. The maximum Gasteiger partial charge on any atom is 0.345 e. The number of carboxylic acids is 1. The molecule has 0 atom stereocenters. The van der Waals surface area contributed by atoms with Crippen molar-refractivity contribution in [3.63, 3.8) is 0 Å². The van der Waals surface area contributed by atoms with Crippen molar-refractivity contribution in [3.8, 4) is 10.8 Å². The van der Waals surface area contributed by atoms with Crippen molar-refractivity contribution in [1.82, 2.24) is 0 Å². The first kappa shape index (κ1) is 14.6. The van der Waals surface area contributed by atoms with E-state index in [0.717, 1.165) is 22.6 Å². The Hall–Kier alpha value is -1.81. The first-order chi connectivity index (χ1) is 9.27. The zero-order valence-electron chi connectivity index (χ0n) is 12.1. The second-order valence-corrected chi connectivity index (χ2v) is 6.80. The number of carbonyl (C=O) groups is 1.